The standard InChI is InChI=1S/C18H18N4O3S/c23-26(24,16-6-2-1-3-7-16)22-11-8-14(9-12-22)18-20-17(21-25-18)15-5-4-10-19-13-15/h1-7,10,13-14H,8-9,11-12H2. The van der Waals surface area contributed by atoms with Crippen LogP contribution in [0.3, 0.4) is 0 Å². The smallest absolute Gasteiger partial charge is 0.243 e. The fraction of sp³-hybridized carbons (Fsp3) is 0.278. The summed E-state index contributed by atoms with van der Waals surface area (Å²) in [5.74, 6) is 1.13. The third-order valence-electron chi connectivity index (χ3n) is 4.55. The van der Waals surface area contributed by atoms with Crippen molar-refractivity contribution < 1.29 is 12.9 Å². The van der Waals surface area contributed by atoms with Gasteiger partial charge in [-0.3, -0.25) is 4.98 Å². The van der Waals surface area contributed by atoms with Crippen LogP contribution in [0.25, 0.3) is 11.4 Å². The number of nitrogens with zero attached hydrogens (tertiary/aromatic N) is 4. The summed E-state index contributed by atoms with van der Waals surface area (Å²) in [6.45, 7) is 0.874. The van der Waals surface area contributed by atoms with Crippen LogP contribution >= 0.6 is 0 Å². The molecule has 3 aromatic rings. The van der Waals surface area contributed by atoms with Gasteiger partial charge >= 0.3 is 0 Å². The summed E-state index contributed by atoms with van der Waals surface area (Å²) in [6, 6.07) is 12.2. The highest BCUT2D eigenvalue weighted by molar-refractivity contribution is 7.89. The molecule has 0 aliphatic carbocycles. The molecule has 0 radical (unpaired) electrons. The predicted octanol–water partition coefficient (Wildman–Crippen LogP) is 2.70. The molecule has 1 saturated heterocycles. The highest BCUT2D eigenvalue weighted by atomic mass is 32.2. The van der Waals surface area contributed by atoms with E-state index in [0.29, 0.717) is 42.5 Å². The molecule has 4 rings (SSSR count). The Balaban J connectivity index is 1.45. The molecule has 0 saturated carbocycles. The van der Waals surface area contributed by atoms with E-state index in [4.69, 9.17) is 4.52 Å². The zero-order valence-corrected chi connectivity index (χ0v) is 14.8. The van der Waals surface area contributed by atoms with Crippen LogP contribution in [0.4, 0.5) is 0 Å². The third kappa shape index (κ3) is 3.25. The molecule has 0 unspecified atom stereocenters. The van der Waals surface area contributed by atoms with Gasteiger partial charge in [0, 0.05) is 37.0 Å². The second-order valence-electron chi connectivity index (χ2n) is 6.19. The maximum Gasteiger partial charge on any atom is 0.243 e. The molecule has 134 valence electrons. The number of rotatable bonds is 4. The van der Waals surface area contributed by atoms with E-state index in [1.165, 1.54) is 4.31 Å². The Labute approximate surface area is 151 Å². The van der Waals surface area contributed by atoms with Gasteiger partial charge < -0.3 is 4.52 Å². The van der Waals surface area contributed by atoms with Crippen molar-refractivity contribution in [3.63, 3.8) is 0 Å². The molecule has 3 heterocycles. The molecular formula is C18H18N4O3S. The quantitative estimate of drug-likeness (QED) is 0.701. The lowest BCUT2D eigenvalue weighted by molar-refractivity contribution is 0.271. The van der Waals surface area contributed by atoms with Crippen LogP contribution in [0.15, 0.2) is 64.3 Å². The minimum atomic E-state index is -3.45. The van der Waals surface area contributed by atoms with Gasteiger partial charge in [-0.2, -0.15) is 9.29 Å². The molecule has 8 heteroatoms. The second-order valence-corrected chi connectivity index (χ2v) is 8.13. The molecular weight excluding hydrogens is 352 g/mol. The maximum absolute atomic E-state index is 12.7. The molecule has 0 spiro atoms. The molecule has 0 N–H and O–H groups in total. The molecule has 0 amide bonds. The first-order chi connectivity index (χ1) is 12.6. The zero-order valence-electron chi connectivity index (χ0n) is 14.0. The number of benzene rings is 1. The van der Waals surface area contributed by atoms with Crippen LogP contribution in [0, 0.1) is 0 Å². The topological polar surface area (TPSA) is 89.2 Å². The summed E-state index contributed by atoms with van der Waals surface area (Å²) in [7, 11) is -3.45. The van der Waals surface area contributed by atoms with Crippen molar-refractivity contribution in [1.82, 2.24) is 19.4 Å². The Morgan fingerprint density at radius 2 is 1.81 bits per heavy atom. The first kappa shape index (κ1) is 16.9. The van der Waals surface area contributed by atoms with E-state index >= 15 is 0 Å². The van der Waals surface area contributed by atoms with Crippen LogP contribution in [0.5, 0.6) is 0 Å². The minimum absolute atomic E-state index is 0.0649. The average Bonchev–Trinajstić information content (AvgIpc) is 3.20. The Morgan fingerprint density at radius 1 is 1.04 bits per heavy atom. The molecule has 1 aromatic carbocycles. The van der Waals surface area contributed by atoms with Crippen molar-refractivity contribution in [2.24, 2.45) is 0 Å². The van der Waals surface area contributed by atoms with Gasteiger partial charge in [0.25, 0.3) is 0 Å². The summed E-state index contributed by atoms with van der Waals surface area (Å²) >= 11 is 0. The first-order valence-corrected chi connectivity index (χ1v) is 9.88. The molecule has 1 aliphatic rings. The molecule has 1 aliphatic heterocycles. The largest absolute Gasteiger partial charge is 0.339 e. The van der Waals surface area contributed by atoms with Crippen LogP contribution in [0.2, 0.25) is 0 Å². The summed E-state index contributed by atoms with van der Waals surface area (Å²) in [5, 5.41) is 4.02. The van der Waals surface area contributed by atoms with E-state index < -0.39 is 10.0 Å². The normalized spacial score (nSPS) is 16.6. The SMILES string of the molecule is O=S(=O)(c1ccccc1)N1CCC(c2nc(-c3cccnc3)no2)CC1. The lowest BCUT2D eigenvalue weighted by atomic mass is 9.98. The minimum Gasteiger partial charge on any atom is -0.339 e. The number of sulfonamides is 1. The number of hydrogen-bond acceptors (Lipinski definition) is 6. The average molecular weight is 370 g/mol. The lowest BCUT2D eigenvalue weighted by Gasteiger charge is -2.29. The van der Waals surface area contributed by atoms with Crippen molar-refractivity contribution in [3.8, 4) is 11.4 Å². The Hall–Kier alpha value is -2.58. The highest BCUT2D eigenvalue weighted by Crippen LogP contribution is 2.30. The van der Waals surface area contributed by atoms with E-state index in [1.54, 1.807) is 42.7 Å². The van der Waals surface area contributed by atoms with E-state index in [0.717, 1.165) is 5.56 Å². The highest BCUT2D eigenvalue weighted by Gasteiger charge is 2.32. The summed E-state index contributed by atoms with van der Waals surface area (Å²) < 4.78 is 32.3. The van der Waals surface area contributed by atoms with E-state index in [1.807, 2.05) is 12.1 Å². The fourth-order valence-electron chi connectivity index (χ4n) is 3.10. The molecule has 1 fully saturated rings. The van der Waals surface area contributed by atoms with Crippen molar-refractivity contribution in [1.29, 1.82) is 0 Å². The molecule has 0 atom stereocenters. The van der Waals surface area contributed by atoms with Gasteiger partial charge in [-0.15, -0.1) is 0 Å². The van der Waals surface area contributed by atoms with Crippen molar-refractivity contribution in [2.75, 3.05) is 13.1 Å². The van der Waals surface area contributed by atoms with Crippen LogP contribution in [-0.4, -0.2) is 40.9 Å². The van der Waals surface area contributed by atoms with Gasteiger partial charge in [0.15, 0.2) is 0 Å². The third-order valence-corrected chi connectivity index (χ3v) is 6.46. The Morgan fingerprint density at radius 3 is 2.50 bits per heavy atom. The summed E-state index contributed by atoms with van der Waals surface area (Å²) in [6.07, 6.45) is 4.68. The van der Waals surface area contributed by atoms with Gasteiger partial charge in [-0.1, -0.05) is 23.4 Å². The molecule has 0 bridgehead atoms. The van der Waals surface area contributed by atoms with Crippen LogP contribution < -0.4 is 0 Å². The predicted molar refractivity (Wildman–Crippen MR) is 94.7 cm³/mol. The number of aromatic nitrogens is 3. The zero-order chi connectivity index (χ0) is 18.0. The second kappa shape index (κ2) is 6.97. The van der Waals surface area contributed by atoms with Crippen LogP contribution in [-0.2, 0) is 10.0 Å². The molecule has 2 aromatic heterocycles. The number of hydrogen-bond donors (Lipinski definition) is 0. The Bertz CT molecular complexity index is 966. The van der Waals surface area contributed by atoms with Crippen molar-refractivity contribution in [3.05, 3.63) is 60.7 Å². The van der Waals surface area contributed by atoms with Gasteiger partial charge in [0.2, 0.25) is 21.7 Å². The van der Waals surface area contributed by atoms with Gasteiger partial charge in [0.05, 0.1) is 4.90 Å². The van der Waals surface area contributed by atoms with Crippen molar-refractivity contribution in [2.45, 2.75) is 23.7 Å². The van der Waals surface area contributed by atoms with Gasteiger partial charge in [-0.05, 0) is 37.1 Å². The van der Waals surface area contributed by atoms with E-state index in [9.17, 15) is 8.42 Å². The van der Waals surface area contributed by atoms with Gasteiger partial charge in [0.1, 0.15) is 0 Å². The monoisotopic (exact) mass is 370 g/mol. The fourth-order valence-corrected chi connectivity index (χ4v) is 4.59. The number of pyridine rings is 1. The first-order valence-electron chi connectivity index (χ1n) is 8.44. The van der Waals surface area contributed by atoms with Crippen LogP contribution in [0.1, 0.15) is 24.7 Å². The molecule has 26 heavy (non-hydrogen) atoms. The maximum atomic E-state index is 12.7. The van der Waals surface area contributed by atoms with Gasteiger partial charge in [-0.25, -0.2) is 8.42 Å². The van der Waals surface area contributed by atoms with E-state index in [2.05, 4.69) is 15.1 Å². The van der Waals surface area contributed by atoms with E-state index in [-0.39, 0.29) is 5.92 Å². The lowest BCUT2D eigenvalue weighted by Crippen LogP contribution is -2.37. The van der Waals surface area contributed by atoms with Crippen molar-refractivity contribution >= 4 is 10.0 Å². The number of piperidine rings is 1. The Kier molecular flexibility index (Phi) is 4.52. The summed E-state index contributed by atoms with van der Waals surface area (Å²) in [5.41, 5.74) is 0.798. The summed E-state index contributed by atoms with van der Waals surface area (Å²) in [4.78, 5) is 8.85. The molecule has 7 nitrogen and oxygen atoms in total.